The number of fused-ring (bicyclic) bond motifs is 9. The molecule has 502 valence electrons. The summed E-state index contributed by atoms with van der Waals surface area (Å²) in [6, 6.07) is 137. The van der Waals surface area contributed by atoms with Crippen molar-refractivity contribution in [2.24, 2.45) is 0 Å². The third kappa shape index (κ3) is 11.1. The summed E-state index contributed by atoms with van der Waals surface area (Å²) in [6.07, 6.45) is 0.920. The van der Waals surface area contributed by atoms with Gasteiger partial charge in [-0.05, 0) is 215 Å². The molecule has 2 aliphatic carbocycles. The molecule has 0 bridgehead atoms. The van der Waals surface area contributed by atoms with E-state index < -0.39 is 0 Å². The van der Waals surface area contributed by atoms with Crippen LogP contribution in [0.25, 0.3) is 182 Å². The molecule has 19 aromatic rings. The zero-order valence-electron chi connectivity index (χ0n) is 58.4. The smallest absolute Gasteiger partial charge is 0.150 e. The Kier molecular flexibility index (Phi) is 16.2. The summed E-state index contributed by atoms with van der Waals surface area (Å²) in [5, 5.41) is 13.4. The van der Waals surface area contributed by atoms with E-state index in [1.165, 1.54) is 143 Å². The number of aldehydes is 1. The molecule has 0 spiro atoms. The van der Waals surface area contributed by atoms with Gasteiger partial charge in [0.15, 0.2) is 0 Å². The fourth-order valence-electron chi connectivity index (χ4n) is 16.7. The number of hydrogen-bond acceptors (Lipinski definition) is 4. The van der Waals surface area contributed by atoms with Gasteiger partial charge in [-0.2, -0.15) is 0 Å². The first-order valence-electron chi connectivity index (χ1n) is 36.4. The summed E-state index contributed by atoms with van der Waals surface area (Å²) in [5.74, 6) is 0.935. The van der Waals surface area contributed by atoms with Crippen molar-refractivity contribution in [2.45, 2.75) is 0 Å². The molecule has 0 radical (unpaired) electrons. The summed E-state index contributed by atoms with van der Waals surface area (Å²) in [7, 11) is 0. The molecule has 107 heavy (non-hydrogen) atoms. The molecule has 0 saturated heterocycles. The lowest BCUT2D eigenvalue weighted by Crippen LogP contribution is -1.97. The summed E-state index contributed by atoms with van der Waals surface area (Å²) >= 11 is 0. The van der Waals surface area contributed by atoms with Crippen molar-refractivity contribution < 1.29 is 4.79 Å². The van der Waals surface area contributed by atoms with E-state index in [-0.39, 0.29) is 0 Å². The number of hydrogen-bond donors (Lipinski definition) is 2. The van der Waals surface area contributed by atoms with Crippen molar-refractivity contribution in [2.75, 3.05) is 11.1 Å². The molecule has 5 nitrogen and oxygen atoms in total. The van der Waals surface area contributed by atoms with Crippen LogP contribution in [0.1, 0.15) is 10.4 Å². The second-order valence-corrected chi connectivity index (χ2v) is 27.3. The van der Waals surface area contributed by atoms with Gasteiger partial charge in [0.25, 0.3) is 0 Å². The number of carbonyl (C=O) groups is 1. The molecule has 0 fully saturated rings. The van der Waals surface area contributed by atoms with Crippen molar-refractivity contribution in [3.8, 4) is 128 Å². The molecule has 1 aromatic heterocycles. The summed E-state index contributed by atoms with van der Waals surface area (Å²) < 4.78 is 2.28. The Labute approximate surface area is 621 Å². The minimum Gasteiger partial charge on any atom is -0.397 e. The molecule has 21 rings (SSSR count). The van der Waals surface area contributed by atoms with Crippen LogP contribution in [-0.2, 0) is 0 Å². The minimum atomic E-state index is 0.688. The Hall–Kier alpha value is -14.3. The summed E-state index contributed by atoms with van der Waals surface area (Å²) in [5.41, 5.74) is 38.5. The van der Waals surface area contributed by atoms with E-state index >= 15 is 0 Å². The van der Waals surface area contributed by atoms with E-state index in [1.54, 1.807) is 0 Å². The van der Waals surface area contributed by atoms with Gasteiger partial charge in [0, 0.05) is 22.5 Å². The predicted octanol–water partition coefficient (Wildman–Crippen LogP) is 27.1. The monoisotopic (exact) mass is 1360 g/mol. The average Bonchev–Trinajstić information content (AvgIpc) is 1.56. The number of nitrogens with zero attached hydrogens (tertiary/aromatic N) is 2. The van der Waals surface area contributed by atoms with Gasteiger partial charge in [-0.1, -0.05) is 328 Å². The normalized spacial score (nSPS) is 11.4. The maximum Gasteiger partial charge on any atom is 0.150 e. The fraction of sp³-hybridized carbons (Fsp3) is 0. The van der Waals surface area contributed by atoms with Crippen LogP contribution in [0.5, 0.6) is 0 Å². The van der Waals surface area contributed by atoms with Gasteiger partial charge in [-0.25, -0.2) is 4.98 Å². The predicted molar refractivity (Wildman–Crippen MR) is 450 cm³/mol. The first-order chi connectivity index (χ1) is 53.0. The Morgan fingerprint density at radius 1 is 0.280 bits per heavy atom. The molecular weight excluding hydrogens is 1300 g/mol. The quantitative estimate of drug-likeness (QED) is 0.1000. The largest absolute Gasteiger partial charge is 0.397 e. The van der Waals surface area contributed by atoms with Crippen molar-refractivity contribution in [3.05, 3.63) is 394 Å². The van der Waals surface area contributed by atoms with Gasteiger partial charge in [-0.3, -0.25) is 9.36 Å². The van der Waals surface area contributed by atoms with Gasteiger partial charge in [-0.15, -0.1) is 0 Å². The lowest BCUT2D eigenvalue weighted by Gasteiger charge is -2.20. The molecule has 18 aromatic carbocycles. The zero-order chi connectivity index (χ0) is 71.3. The van der Waals surface area contributed by atoms with Crippen molar-refractivity contribution in [1.82, 2.24) is 9.55 Å². The van der Waals surface area contributed by atoms with Gasteiger partial charge in [0.1, 0.15) is 12.1 Å². The van der Waals surface area contributed by atoms with Crippen LogP contribution < -0.4 is 11.1 Å². The molecule has 0 unspecified atom stereocenters. The number of aromatic nitrogens is 2. The molecule has 0 atom stereocenters. The number of benzene rings is 18. The van der Waals surface area contributed by atoms with Crippen LogP contribution in [0.15, 0.2) is 388 Å². The number of nitrogens with two attached hydrogens (primary N) is 1. The first kappa shape index (κ1) is 63.6. The summed E-state index contributed by atoms with van der Waals surface area (Å²) in [4.78, 5) is 16.8. The minimum absolute atomic E-state index is 0.688. The lowest BCUT2D eigenvalue weighted by molar-refractivity contribution is 0.112. The number of imidazole rings is 1. The summed E-state index contributed by atoms with van der Waals surface area (Å²) in [6.45, 7) is 0. The van der Waals surface area contributed by atoms with Gasteiger partial charge in [0.05, 0.1) is 22.4 Å². The number of nitrogens with one attached hydrogen (secondary N) is 1. The van der Waals surface area contributed by atoms with E-state index in [4.69, 9.17) is 10.7 Å². The fourth-order valence-corrected chi connectivity index (χ4v) is 16.7. The Morgan fingerprint density at radius 3 is 1.11 bits per heavy atom. The van der Waals surface area contributed by atoms with E-state index in [0.717, 1.165) is 62.6 Å². The van der Waals surface area contributed by atoms with Crippen molar-refractivity contribution in [3.63, 3.8) is 0 Å². The van der Waals surface area contributed by atoms with Crippen LogP contribution in [0.2, 0.25) is 0 Å². The standard InChI is InChI=1S/C51H32N2.C39H24O.C12H12N2/c1-4-16-33(17-5-1)46-40-24-10-11-25-41(40)47(34-18-6-2-7-19-34)50-43-31-30-38(39-26-15-27-42(48(39)43)49(46)50)35-20-14-21-36(32-35)51-52-44-28-12-13-29-45(44)53(51)37-22-8-3-9-23-37;40-24-25-11-9-16-28(23-25)29-21-22-34-37-30(29)19-10-20-33(37)38-35(26-12-3-1-4-13-26)31-17-7-8-18-32(31)36(39(34)38)27-14-5-2-6-15-27;13-11-8-4-5-9-12(11)14-10-6-2-1-3-7-10/h1-32H;1-24H;1-9,14H,13H2. The second-order valence-electron chi connectivity index (χ2n) is 27.3. The van der Waals surface area contributed by atoms with Crippen LogP contribution >= 0.6 is 0 Å². The number of carbonyl (C=O) groups excluding carboxylic acids is 1. The Bertz CT molecular complexity index is 6470. The third-order valence-corrected chi connectivity index (χ3v) is 21.2. The molecule has 3 N–H and O–H groups in total. The maximum atomic E-state index is 11.6. The third-order valence-electron chi connectivity index (χ3n) is 21.2. The molecular formula is C102H68N4O. The second kappa shape index (κ2) is 27.2. The number of nitrogen functional groups attached to an aromatic ring is 1. The molecule has 0 saturated carbocycles. The Morgan fingerprint density at radius 2 is 0.636 bits per heavy atom. The van der Waals surface area contributed by atoms with Crippen LogP contribution in [0.3, 0.4) is 0 Å². The Balaban J connectivity index is 0.000000127. The van der Waals surface area contributed by atoms with Crippen LogP contribution in [-0.4, -0.2) is 15.8 Å². The number of rotatable bonds is 11. The molecule has 5 heteroatoms. The first-order valence-corrected chi connectivity index (χ1v) is 36.4. The SMILES string of the molecule is Nc1ccccc1Nc1ccccc1.O=Cc1cccc(-c2ccc3c4c(cccc24)-c2c-3c(-c3ccccc3)c3ccccc3c2-c2ccccc2)c1.c1ccc(-c2c3c(c(-c4ccccc4)c4ccccc24)-c2ccc(-c4cccc(-c5nc6ccccc6n5-c5ccccc5)c4)c4cccc-3c24)cc1. The molecule has 0 aliphatic heterocycles. The lowest BCUT2D eigenvalue weighted by atomic mass is 9.82. The topological polar surface area (TPSA) is 72.9 Å². The highest BCUT2D eigenvalue weighted by Crippen LogP contribution is 2.61. The number of para-hydroxylation sites is 6. The highest BCUT2D eigenvalue weighted by molar-refractivity contribution is 6.31. The number of anilines is 3. The van der Waals surface area contributed by atoms with E-state index in [0.29, 0.717) is 5.56 Å². The highest BCUT2D eigenvalue weighted by atomic mass is 16.1. The van der Waals surface area contributed by atoms with E-state index in [9.17, 15) is 4.79 Å². The van der Waals surface area contributed by atoms with Gasteiger partial charge >= 0.3 is 0 Å². The van der Waals surface area contributed by atoms with E-state index in [1.807, 2.05) is 72.8 Å². The average molecular weight is 1370 g/mol. The molecule has 0 amide bonds. The van der Waals surface area contributed by atoms with Gasteiger partial charge < -0.3 is 11.1 Å². The van der Waals surface area contributed by atoms with Crippen molar-refractivity contribution in [1.29, 1.82) is 0 Å². The highest BCUT2D eigenvalue weighted by Gasteiger charge is 2.34. The molecule has 1 heterocycles. The van der Waals surface area contributed by atoms with Gasteiger partial charge in [0.2, 0.25) is 0 Å². The maximum absolute atomic E-state index is 11.6. The van der Waals surface area contributed by atoms with Crippen molar-refractivity contribution >= 4 is 77.5 Å². The molecule has 2 aliphatic rings. The zero-order valence-corrected chi connectivity index (χ0v) is 58.4. The van der Waals surface area contributed by atoms with Crippen LogP contribution in [0.4, 0.5) is 17.1 Å². The van der Waals surface area contributed by atoms with Crippen LogP contribution in [0, 0.1) is 0 Å². The van der Waals surface area contributed by atoms with E-state index in [2.05, 4.69) is 325 Å².